The van der Waals surface area contributed by atoms with Gasteiger partial charge in [0, 0.05) is 22.7 Å². The third-order valence-corrected chi connectivity index (χ3v) is 5.30. The standard InChI is InChI=1S/C26H24N2O5/c1-17(6-2-5-9-24(30)31)25(22-14-15-23(29)21-8-4-3-7-20(21)22)33-26(32)28-19-12-10-18(16-27)11-13-19/h3-5,7-15,17,25,29H,2,6H2,1H3,(H,28,32)(H,30,31)/b9-5+/t17-,25-/m1/s1. The van der Waals surface area contributed by atoms with Crippen LogP contribution in [0.2, 0.25) is 0 Å². The molecule has 3 N–H and O–H groups in total. The van der Waals surface area contributed by atoms with Crippen molar-refractivity contribution in [1.29, 1.82) is 5.26 Å². The highest BCUT2D eigenvalue weighted by molar-refractivity contribution is 5.91. The number of aromatic hydroxyl groups is 1. The van der Waals surface area contributed by atoms with Crippen molar-refractivity contribution < 1.29 is 24.5 Å². The van der Waals surface area contributed by atoms with Crippen molar-refractivity contribution in [2.45, 2.75) is 25.9 Å². The molecule has 0 saturated carbocycles. The minimum Gasteiger partial charge on any atom is -0.507 e. The zero-order valence-electron chi connectivity index (χ0n) is 18.1. The van der Waals surface area contributed by atoms with Gasteiger partial charge >= 0.3 is 12.1 Å². The summed E-state index contributed by atoms with van der Waals surface area (Å²) in [5.74, 6) is -1.03. The SMILES string of the molecule is C[C@H](CC/C=C/C(=O)O)[C@@H](OC(=O)Nc1ccc(C#N)cc1)c1ccc(O)c2ccccc12. The third-order valence-electron chi connectivity index (χ3n) is 5.30. The number of hydrogen-bond acceptors (Lipinski definition) is 5. The number of carboxylic acids is 1. The highest BCUT2D eigenvalue weighted by Gasteiger charge is 2.26. The van der Waals surface area contributed by atoms with Gasteiger partial charge in [-0.25, -0.2) is 9.59 Å². The number of aliphatic carboxylic acids is 1. The molecular weight excluding hydrogens is 420 g/mol. The van der Waals surface area contributed by atoms with Gasteiger partial charge in [-0.2, -0.15) is 5.26 Å². The average Bonchev–Trinajstić information content (AvgIpc) is 2.81. The van der Waals surface area contributed by atoms with Crippen LogP contribution in [0.15, 0.2) is 72.8 Å². The second-order valence-electron chi connectivity index (χ2n) is 7.65. The minimum absolute atomic E-state index is 0.132. The van der Waals surface area contributed by atoms with Crippen LogP contribution in [0.25, 0.3) is 10.8 Å². The fourth-order valence-electron chi connectivity index (χ4n) is 3.63. The predicted octanol–water partition coefficient (Wildman–Crippen LogP) is 5.76. The van der Waals surface area contributed by atoms with Gasteiger partial charge in [-0.15, -0.1) is 0 Å². The number of amides is 1. The van der Waals surface area contributed by atoms with E-state index in [0.717, 1.165) is 17.0 Å². The van der Waals surface area contributed by atoms with Crippen LogP contribution < -0.4 is 5.32 Å². The average molecular weight is 444 g/mol. The van der Waals surface area contributed by atoms with E-state index < -0.39 is 18.2 Å². The number of carbonyl (C=O) groups is 2. The fourth-order valence-corrected chi connectivity index (χ4v) is 3.63. The Morgan fingerprint density at radius 2 is 1.79 bits per heavy atom. The van der Waals surface area contributed by atoms with E-state index >= 15 is 0 Å². The predicted molar refractivity (Wildman–Crippen MR) is 125 cm³/mol. The molecule has 0 heterocycles. The highest BCUT2D eigenvalue weighted by Crippen LogP contribution is 2.37. The number of ether oxygens (including phenoxy) is 1. The van der Waals surface area contributed by atoms with Crippen LogP contribution in [0.5, 0.6) is 5.75 Å². The normalized spacial score (nSPS) is 12.7. The maximum atomic E-state index is 12.7. The molecule has 0 radical (unpaired) electrons. The summed E-state index contributed by atoms with van der Waals surface area (Å²) >= 11 is 0. The second kappa shape index (κ2) is 10.8. The molecular formula is C26H24N2O5. The first-order chi connectivity index (χ1) is 15.9. The molecule has 7 nitrogen and oxygen atoms in total. The Hall–Kier alpha value is -4.31. The number of nitrogens with one attached hydrogen (secondary N) is 1. The van der Waals surface area contributed by atoms with Gasteiger partial charge in [-0.3, -0.25) is 5.32 Å². The molecule has 3 aromatic carbocycles. The molecule has 0 spiro atoms. The zero-order valence-corrected chi connectivity index (χ0v) is 18.1. The lowest BCUT2D eigenvalue weighted by atomic mass is 9.89. The van der Waals surface area contributed by atoms with Crippen LogP contribution in [0.4, 0.5) is 10.5 Å². The van der Waals surface area contributed by atoms with Crippen molar-refractivity contribution in [3.63, 3.8) is 0 Å². The van der Waals surface area contributed by atoms with Gasteiger partial charge in [-0.05, 0) is 54.5 Å². The number of nitrogens with zero attached hydrogens (tertiary/aromatic N) is 1. The highest BCUT2D eigenvalue weighted by atomic mass is 16.6. The van der Waals surface area contributed by atoms with Gasteiger partial charge < -0.3 is 14.9 Å². The molecule has 0 aliphatic rings. The molecule has 168 valence electrons. The largest absolute Gasteiger partial charge is 0.507 e. The molecule has 7 heteroatoms. The summed E-state index contributed by atoms with van der Waals surface area (Å²) < 4.78 is 5.85. The van der Waals surface area contributed by atoms with Crippen LogP contribution >= 0.6 is 0 Å². The molecule has 0 saturated heterocycles. The Kier molecular flexibility index (Phi) is 7.66. The minimum atomic E-state index is -1.01. The maximum absolute atomic E-state index is 12.7. The van der Waals surface area contributed by atoms with E-state index in [0.29, 0.717) is 29.5 Å². The number of fused-ring (bicyclic) bond motifs is 1. The summed E-state index contributed by atoms with van der Waals surface area (Å²) in [4.78, 5) is 23.5. The summed E-state index contributed by atoms with van der Waals surface area (Å²) in [5.41, 5.74) is 1.71. The van der Waals surface area contributed by atoms with E-state index in [1.54, 1.807) is 48.5 Å². The van der Waals surface area contributed by atoms with Crippen molar-refractivity contribution in [3.05, 3.63) is 83.9 Å². The van der Waals surface area contributed by atoms with Crippen molar-refractivity contribution >= 4 is 28.5 Å². The first-order valence-corrected chi connectivity index (χ1v) is 10.5. The van der Waals surface area contributed by atoms with Gasteiger partial charge in [0.2, 0.25) is 0 Å². The number of benzene rings is 3. The Morgan fingerprint density at radius 3 is 2.45 bits per heavy atom. The molecule has 0 unspecified atom stereocenters. The van der Waals surface area contributed by atoms with Crippen LogP contribution in [0.1, 0.15) is 37.0 Å². The van der Waals surface area contributed by atoms with Gasteiger partial charge in [0.15, 0.2) is 0 Å². The van der Waals surface area contributed by atoms with Crippen LogP contribution in [0, 0.1) is 17.2 Å². The monoisotopic (exact) mass is 444 g/mol. The van der Waals surface area contributed by atoms with Gasteiger partial charge in [0.1, 0.15) is 11.9 Å². The fraction of sp³-hybridized carbons (Fsp3) is 0.192. The lowest BCUT2D eigenvalue weighted by molar-refractivity contribution is -0.131. The molecule has 2 atom stereocenters. The molecule has 33 heavy (non-hydrogen) atoms. The summed E-state index contributed by atoms with van der Waals surface area (Å²) in [6.45, 7) is 1.93. The number of nitriles is 1. The molecule has 1 amide bonds. The van der Waals surface area contributed by atoms with E-state index in [1.807, 2.05) is 31.2 Å². The summed E-state index contributed by atoms with van der Waals surface area (Å²) in [5, 5.41) is 32.1. The topological polar surface area (TPSA) is 120 Å². The first kappa shape index (κ1) is 23.4. The zero-order chi connectivity index (χ0) is 23.8. The molecule has 0 fully saturated rings. The molecule has 3 aromatic rings. The number of phenols is 1. The quantitative estimate of drug-likeness (QED) is 0.380. The Morgan fingerprint density at radius 1 is 1.09 bits per heavy atom. The van der Waals surface area contributed by atoms with Crippen LogP contribution in [-0.4, -0.2) is 22.3 Å². The number of hydrogen-bond donors (Lipinski definition) is 3. The maximum Gasteiger partial charge on any atom is 0.412 e. The smallest absolute Gasteiger partial charge is 0.412 e. The second-order valence-corrected chi connectivity index (χ2v) is 7.65. The van der Waals surface area contributed by atoms with E-state index in [1.165, 1.54) is 0 Å². The molecule has 0 aliphatic heterocycles. The van der Waals surface area contributed by atoms with Crippen molar-refractivity contribution in [2.75, 3.05) is 5.32 Å². The van der Waals surface area contributed by atoms with Gasteiger partial charge in [0.25, 0.3) is 0 Å². The molecule has 0 aromatic heterocycles. The van der Waals surface area contributed by atoms with Crippen LogP contribution in [0.3, 0.4) is 0 Å². The Balaban J connectivity index is 1.87. The summed E-state index contributed by atoms with van der Waals surface area (Å²) in [6.07, 6.45) is 2.44. The van der Waals surface area contributed by atoms with Gasteiger partial charge in [-0.1, -0.05) is 43.3 Å². The molecule has 3 rings (SSSR count). The number of carbonyl (C=O) groups excluding carboxylic acids is 1. The first-order valence-electron chi connectivity index (χ1n) is 10.5. The van der Waals surface area contributed by atoms with Crippen molar-refractivity contribution in [2.24, 2.45) is 5.92 Å². The Labute approximate surface area is 191 Å². The summed E-state index contributed by atoms with van der Waals surface area (Å²) in [6, 6.07) is 19.1. The lowest BCUT2D eigenvalue weighted by Crippen LogP contribution is -2.22. The number of anilines is 1. The molecule has 0 aliphatic carbocycles. The summed E-state index contributed by atoms with van der Waals surface area (Å²) in [7, 11) is 0. The van der Waals surface area contributed by atoms with E-state index in [4.69, 9.17) is 15.1 Å². The number of allylic oxidation sites excluding steroid dienone is 1. The third kappa shape index (κ3) is 6.11. The molecule has 0 bridgehead atoms. The van der Waals surface area contributed by atoms with Crippen molar-refractivity contribution in [1.82, 2.24) is 0 Å². The van der Waals surface area contributed by atoms with E-state index in [-0.39, 0.29) is 11.7 Å². The number of carboxylic acid groups (broad SMARTS) is 1. The number of rotatable bonds is 8. The Bertz CT molecular complexity index is 1210. The van der Waals surface area contributed by atoms with E-state index in [2.05, 4.69) is 5.32 Å². The lowest BCUT2D eigenvalue weighted by Gasteiger charge is -2.26. The number of phenolic OH excluding ortho intramolecular Hbond substituents is 1. The van der Waals surface area contributed by atoms with Crippen molar-refractivity contribution in [3.8, 4) is 11.8 Å². The van der Waals surface area contributed by atoms with Gasteiger partial charge in [0.05, 0.1) is 11.6 Å². The van der Waals surface area contributed by atoms with E-state index in [9.17, 15) is 14.7 Å². The van der Waals surface area contributed by atoms with Crippen LogP contribution in [-0.2, 0) is 9.53 Å².